The van der Waals surface area contributed by atoms with Gasteiger partial charge in [0.25, 0.3) is 5.56 Å². The molecule has 2 saturated heterocycles. The largest absolute Gasteiger partial charge is 0.503 e. The Balaban J connectivity index is 1.37. The monoisotopic (exact) mass is 438 g/mol. The van der Waals surface area contributed by atoms with Crippen LogP contribution in [0.5, 0.6) is 5.75 Å². The first-order valence-electron chi connectivity index (χ1n) is 12.0. The van der Waals surface area contributed by atoms with E-state index < -0.39 is 0 Å². The third-order valence-electron chi connectivity index (χ3n) is 7.65. The number of hydrogen-bond acceptors (Lipinski definition) is 5. The van der Waals surface area contributed by atoms with Crippen LogP contribution in [0, 0.1) is 5.92 Å². The van der Waals surface area contributed by atoms with E-state index in [1.807, 2.05) is 22.2 Å². The summed E-state index contributed by atoms with van der Waals surface area (Å²) in [5.41, 5.74) is 2.63. The fraction of sp³-hybridized carbons (Fsp3) is 0.600. The first-order chi connectivity index (χ1) is 15.5. The van der Waals surface area contributed by atoms with E-state index in [1.54, 1.807) is 12.1 Å². The van der Waals surface area contributed by atoms with Gasteiger partial charge in [0.2, 0.25) is 5.43 Å². The smallest absolute Gasteiger partial charge is 0.250 e. The maximum absolute atomic E-state index is 12.6. The average molecular weight is 439 g/mol. The Morgan fingerprint density at radius 3 is 2.53 bits per heavy atom. The molecule has 0 aliphatic carbocycles. The van der Waals surface area contributed by atoms with Crippen LogP contribution in [0.1, 0.15) is 55.1 Å². The molecule has 0 amide bonds. The van der Waals surface area contributed by atoms with E-state index in [9.17, 15) is 14.7 Å². The molecule has 0 saturated carbocycles. The van der Waals surface area contributed by atoms with Crippen LogP contribution in [-0.2, 0) is 26.7 Å². The molecule has 5 heterocycles. The number of pyridine rings is 2. The van der Waals surface area contributed by atoms with Crippen LogP contribution in [0.2, 0.25) is 0 Å². The molecule has 2 aromatic rings. The molecular weight excluding hydrogens is 404 g/mol. The summed E-state index contributed by atoms with van der Waals surface area (Å²) in [6.45, 7) is 5.93. The Hall–Kier alpha value is -2.38. The molecule has 0 spiro atoms. The molecule has 2 fully saturated rings. The fourth-order valence-corrected chi connectivity index (χ4v) is 5.98. The lowest BCUT2D eigenvalue weighted by Crippen LogP contribution is -2.47. The second kappa shape index (κ2) is 8.87. The third-order valence-corrected chi connectivity index (χ3v) is 7.65. The summed E-state index contributed by atoms with van der Waals surface area (Å²) in [6.07, 6.45) is 5.99. The van der Waals surface area contributed by atoms with Crippen molar-refractivity contribution in [3.05, 3.63) is 61.9 Å². The maximum atomic E-state index is 12.6. The number of hydrogen-bond donors (Lipinski definition) is 1. The standard InChI is InChI=1S/C25H34N4O3/c1-26-20(12-23(30)25(32)22(26)17-27-9-4-2-3-5-10-27)16-28-13-18-11-19(15-28)21-7-6-8-24(31)29(21)14-18/h6-8,12,18-19,32H,2-5,9-11,13-17H2,1H3/t18-,19+/m0/s1. The summed E-state index contributed by atoms with van der Waals surface area (Å²) in [5.74, 6) is 0.693. The quantitative estimate of drug-likeness (QED) is 0.793. The van der Waals surface area contributed by atoms with Gasteiger partial charge in [0.05, 0.1) is 5.69 Å². The summed E-state index contributed by atoms with van der Waals surface area (Å²) in [7, 11) is 1.97. The van der Waals surface area contributed by atoms with Crippen LogP contribution in [0.25, 0.3) is 0 Å². The summed E-state index contributed by atoms with van der Waals surface area (Å²) >= 11 is 0. The molecule has 2 atom stereocenters. The van der Waals surface area contributed by atoms with Crippen molar-refractivity contribution in [2.24, 2.45) is 13.0 Å². The summed E-state index contributed by atoms with van der Waals surface area (Å²) in [5, 5.41) is 10.6. The van der Waals surface area contributed by atoms with Crippen molar-refractivity contribution in [2.45, 2.75) is 57.7 Å². The molecule has 5 rings (SSSR count). The Labute approximate surface area is 188 Å². The zero-order valence-electron chi connectivity index (χ0n) is 19.0. The lowest BCUT2D eigenvalue weighted by Gasteiger charge is -2.43. The van der Waals surface area contributed by atoms with Gasteiger partial charge < -0.3 is 14.2 Å². The third kappa shape index (κ3) is 4.16. The molecule has 1 N–H and O–H groups in total. The minimum atomic E-state index is -0.281. The SMILES string of the molecule is Cn1c(CN2C[C@@H]3C[C@H](C2)c2cccc(=O)n2C3)cc(=O)c(O)c1CN1CCCCCC1. The Morgan fingerprint density at radius 1 is 0.969 bits per heavy atom. The number of likely N-dealkylation sites (tertiary alicyclic amines) is 2. The van der Waals surface area contributed by atoms with Crippen LogP contribution in [0.15, 0.2) is 33.9 Å². The van der Waals surface area contributed by atoms with Gasteiger partial charge in [0.1, 0.15) is 0 Å². The minimum Gasteiger partial charge on any atom is -0.503 e. The topological polar surface area (TPSA) is 70.7 Å². The van der Waals surface area contributed by atoms with Gasteiger partial charge in [0.15, 0.2) is 5.75 Å². The van der Waals surface area contributed by atoms with Gasteiger partial charge >= 0.3 is 0 Å². The number of aromatic nitrogens is 2. The highest BCUT2D eigenvalue weighted by Crippen LogP contribution is 2.35. The van der Waals surface area contributed by atoms with Gasteiger partial charge in [-0.15, -0.1) is 0 Å². The van der Waals surface area contributed by atoms with Crippen LogP contribution < -0.4 is 11.0 Å². The van der Waals surface area contributed by atoms with Gasteiger partial charge in [-0.2, -0.15) is 0 Å². The number of fused-ring (bicyclic) bond motifs is 4. The lowest BCUT2D eigenvalue weighted by atomic mass is 9.83. The Bertz CT molecular complexity index is 1100. The van der Waals surface area contributed by atoms with Gasteiger partial charge in [0, 0.05) is 69.2 Å². The molecule has 0 radical (unpaired) electrons. The second-order valence-electron chi connectivity index (χ2n) is 9.94. The van der Waals surface area contributed by atoms with Crippen LogP contribution in [-0.4, -0.2) is 50.2 Å². The van der Waals surface area contributed by atoms with Crippen molar-refractivity contribution < 1.29 is 5.11 Å². The molecule has 0 unspecified atom stereocenters. The van der Waals surface area contributed by atoms with Crippen molar-refractivity contribution in [1.29, 1.82) is 0 Å². The van der Waals surface area contributed by atoms with E-state index in [4.69, 9.17) is 0 Å². The van der Waals surface area contributed by atoms with Gasteiger partial charge in [-0.3, -0.25) is 19.4 Å². The highest BCUT2D eigenvalue weighted by atomic mass is 16.3. The normalized spacial score (nSPS) is 24.2. The lowest BCUT2D eigenvalue weighted by molar-refractivity contribution is 0.112. The summed E-state index contributed by atoms with van der Waals surface area (Å²) in [6, 6.07) is 7.21. The Morgan fingerprint density at radius 2 is 1.75 bits per heavy atom. The number of nitrogens with zero attached hydrogens (tertiary/aromatic N) is 4. The average Bonchev–Trinajstić information content (AvgIpc) is 3.04. The molecule has 0 aromatic carbocycles. The van der Waals surface area contributed by atoms with Crippen molar-refractivity contribution >= 4 is 0 Å². The molecule has 7 heteroatoms. The van der Waals surface area contributed by atoms with Crippen LogP contribution in [0.3, 0.4) is 0 Å². The van der Waals surface area contributed by atoms with E-state index in [-0.39, 0.29) is 16.7 Å². The zero-order chi connectivity index (χ0) is 22.2. The van der Waals surface area contributed by atoms with Gasteiger partial charge in [-0.25, -0.2) is 0 Å². The number of rotatable bonds is 4. The van der Waals surface area contributed by atoms with E-state index in [1.165, 1.54) is 25.7 Å². The predicted octanol–water partition coefficient (Wildman–Crippen LogP) is 2.25. The summed E-state index contributed by atoms with van der Waals surface area (Å²) in [4.78, 5) is 29.7. The molecule has 2 bridgehead atoms. The summed E-state index contributed by atoms with van der Waals surface area (Å²) < 4.78 is 3.98. The van der Waals surface area contributed by atoms with Crippen molar-refractivity contribution in [3.8, 4) is 5.75 Å². The molecule has 3 aliphatic heterocycles. The van der Waals surface area contributed by atoms with E-state index in [0.717, 1.165) is 56.2 Å². The highest BCUT2D eigenvalue weighted by Gasteiger charge is 2.34. The second-order valence-corrected chi connectivity index (χ2v) is 9.94. The zero-order valence-corrected chi connectivity index (χ0v) is 19.0. The van der Waals surface area contributed by atoms with E-state index >= 15 is 0 Å². The minimum absolute atomic E-state index is 0.102. The molecule has 32 heavy (non-hydrogen) atoms. The van der Waals surface area contributed by atoms with Crippen LogP contribution in [0.4, 0.5) is 0 Å². The van der Waals surface area contributed by atoms with E-state index in [2.05, 4.69) is 15.9 Å². The predicted molar refractivity (Wildman–Crippen MR) is 124 cm³/mol. The van der Waals surface area contributed by atoms with Crippen molar-refractivity contribution in [2.75, 3.05) is 26.2 Å². The van der Waals surface area contributed by atoms with Crippen molar-refractivity contribution in [3.63, 3.8) is 0 Å². The Kier molecular flexibility index (Phi) is 5.95. The maximum Gasteiger partial charge on any atom is 0.250 e. The molecular formula is C25H34N4O3. The molecule has 3 aliphatic rings. The van der Waals surface area contributed by atoms with E-state index in [0.29, 0.717) is 24.9 Å². The molecule has 172 valence electrons. The molecule has 7 nitrogen and oxygen atoms in total. The van der Waals surface area contributed by atoms with Gasteiger partial charge in [-0.1, -0.05) is 18.9 Å². The fourth-order valence-electron chi connectivity index (χ4n) is 5.98. The number of piperidine rings is 1. The molecule has 2 aromatic heterocycles. The van der Waals surface area contributed by atoms with Gasteiger partial charge in [-0.05, 0) is 44.3 Å². The number of aromatic hydroxyl groups is 1. The highest BCUT2D eigenvalue weighted by molar-refractivity contribution is 5.30. The first kappa shape index (κ1) is 21.5. The van der Waals surface area contributed by atoms with Crippen molar-refractivity contribution in [1.82, 2.24) is 18.9 Å². The first-order valence-corrected chi connectivity index (χ1v) is 12.0. The van der Waals surface area contributed by atoms with Crippen LogP contribution >= 0.6 is 0 Å².